The average Bonchev–Trinajstić information content (AvgIpc) is 3.68. The number of carbonyl (C=O) groups is 1. The minimum atomic E-state index is -0.814. The van der Waals surface area contributed by atoms with E-state index in [0.717, 1.165) is 58.8 Å². The Morgan fingerprint density at radius 1 is 0.800 bits per heavy atom. The fourth-order valence-corrected chi connectivity index (χ4v) is 7.76. The second kappa shape index (κ2) is 13.3. The van der Waals surface area contributed by atoms with E-state index in [1.807, 2.05) is 40.1 Å². The van der Waals surface area contributed by atoms with Gasteiger partial charge < -0.3 is 20.4 Å². The number of aromatic nitrogens is 6. The maximum Gasteiger partial charge on any atom is 0.232 e. The average molecular weight is 653 g/mol. The van der Waals surface area contributed by atoms with Crippen LogP contribution in [0.3, 0.4) is 0 Å². The van der Waals surface area contributed by atoms with Crippen molar-refractivity contribution in [1.82, 2.24) is 30.4 Å². The van der Waals surface area contributed by atoms with Gasteiger partial charge >= 0.3 is 0 Å². The fourth-order valence-electron chi connectivity index (χ4n) is 5.93. The predicted molar refractivity (Wildman–Crippen MR) is 171 cm³/mol. The second-order valence-corrected chi connectivity index (χ2v) is 13.9. The van der Waals surface area contributed by atoms with Crippen molar-refractivity contribution in [3.8, 4) is 0 Å². The van der Waals surface area contributed by atoms with Crippen molar-refractivity contribution in [3.05, 3.63) is 57.8 Å². The number of hydrogen-bond acceptors (Lipinski definition) is 12. The largest absolute Gasteiger partial charge is 0.360 e. The Kier molecular flexibility index (Phi) is 8.79. The zero-order valence-corrected chi connectivity index (χ0v) is 26.2. The summed E-state index contributed by atoms with van der Waals surface area (Å²) in [6, 6.07) is 11.4. The zero-order chi connectivity index (χ0) is 30.8. The number of pyridine rings is 2. The van der Waals surface area contributed by atoms with Crippen molar-refractivity contribution in [2.45, 2.75) is 62.7 Å². The molecule has 2 N–H and O–H groups in total. The molecular weight excluding hydrogens is 619 g/mol. The lowest BCUT2D eigenvalue weighted by Crippen LogP contribution is -2.48. The van der Waals surface area contributed by atoms with Gasteiger partial charge in [0.25, 0.3) is 0 Å². The van der Waals surface area contributed by atoms with Crippen LogP contribution in [0.15, 0.2) is 36.4 Å². The Morgan fingerprint density at radius 3 is 2.02 bits per heavy atom. The molecule has 0 unspecified atom stereocenters. The number of carbonyl (C=O) groups excluding carboxylic acids is 1. The van der Waals surface area contributed by atoms with Crippen molar-refractivity contribution in [2.75, 3.05) is 53.2 Å². The summed E-state index contributed by atoms with van der Waals surface area (Å²) in [4.78, 5) is 25.7. The van der Waals surface area contributed by atoms with Gasteiger partial charge in [0, 0.05) is 30.5 Å². The molecule has 15 heteroatoms. The van der Waals surface area contributed by atoms with Gasteiger partial charge in [-0.1, -0.05) is 41.2 Å². The number of hydrogen-bond donors (Lipinski definition) is 2. The SMILES string of the molecule is O=C(Cc1cccc(N2CC(F)C2)n1)Nc1nnc([C@H]2CCC[C@H](c3nnc(NCCc4cccc(N5CC(F)C5)n4)s3)C2)s1. The van der Waals surface area contributed by atoms with E-state index in [4.69, 9.17) is 0 Å². The number of amides is 1. The highest BCUT2D eigenvalue weighted by molar-refractivity contribution is 7.15. The van der Waals surface area contributed by atoms with Crippen LogP contribution in [0.1, 0.15) is 58.9 Å². The van der Waals surface area contributed by atoms with Crippen molar-refractivity contribution in [2.24, 2.45) is 0 Å². The molecule has 2 saturated heterocycles. The molecule has 1 amide bonds. The van der Waals surface area contributed by atoms with Crippen molar-refractivity contribution >= 4 is 50.5 Å². The van der Waals surface area contributed by atoms with Gasteiger partial charge in [0.2, 0.25) is 16.2 Å². The van der Waals surface area contributed by atoms with Gasteiger partial charge in [-0.15, -0.1) is 20.4 Å². The fraction of sp³-hybridized carbons (Fsp3) is 0.500. The molecule has 4 aromatic rings. The van der Waals surface area contributed by atoms with Gasteiger partial charge in [-0.25, -0.2) is 18.7 Å². The van der Waals surface area contributed by atoms with E-state index in [-0.39, 0.29) is 18.2 Å². The summed E-state index contributed by atoms with van der Waals surface area (Å²) in [7, 11) is 0. The van der Waals surface area contributed by atoms with Crippen LogP contribution in [0.5, 0.6) is 0 Å². The van der Waals surface area contributed by atoms with E-state index in [1.165, 1.54) is 11.3 Å². The first-order valence-electron chi connectivity index (χ1n) is 15.4. The van der Waals surface area contributed by atoms with E-state index in [2.05, 4.69) is 41.0 Å². The quantitative estimate of drug-likeness (QED) is 0.234. The normalized spacial score (nSPS) is 20.5. The van der Waals surface area contributed by atoms with Crippen LogP contribution in [-0.2, 0) is 17.6 Å². The van der Waals surface area contributed by atoms with Crippen LogP contribution in [0, 0.1) is 0 Å². The summed E-state index contributed by atoms with van der Waals surface area (Å²) in [5.74, 6) is 1.86. The number of anilines is 4. The predicted octanol–water partition coefficient (Wildman–Crippen LogP) is 4.77. The Hall–Kier alpha value is -3.85. The van der Waals surface area contributed by atoms with Crippen LogP contribution >= 0.6 is 22.7 Å². The number of alkyl halides is 2. The molecule has 6 heterocycles. The molecule has 45 heavy (non-hydrogen) atoms. The minimum absolute atomic E-state index is 0.108. The van der Waals surface area contributed by atoms with E-state index < -0.39 is 12.3 Å². The smallest absolute Gasteiger partial charge is 0.232 e. The summed E-state index contributed by atoms with van der Waals surface area (Å²) in [5, 5.41) is 27.0. The molecule has 7 rings (SSSR count). The molecule has 4 aromatic heterocycles. The van der Waals surface area contributed by atoms with Gasteiger partial charge in [0.1, 0.15) is 34.0 Å². The Bertz CT molecular complexity index is 1620. The van der Waals surface area contributed by atoms with Crippen LogP contribution in [0.2, 0.25) is 0 Å². The van der Waals surface area contributed by atoms with E-state index in [1.54, 1.807) is 17.4 Å². The van der Waals surface area contributed by atoms with E-state index in [0.29, 0.717) is 55.3 Å². The Labute approximate surface area is 267 Å². The van der Waals surface area contributed by atoms with Crippen LogP contribution in [0.4, 0.5) is 30.7 Å². The molecular formula is C30H34F2N10OS2. The standard InChI is InChI=1S/C30H34F2N10OS2/c31-20-14-41(15-20)24-8-2-6-22(34-24)10-11-33-29-39-37-27(44-29)18-4-1-5-19(12-18)28-38-40-30(45-28)36-26(43)13-23-7-3-9-25(35-23)42-16-21(32)17-42/h2-3,6-9,18-21H,1,4-5,10-17H2,(H,33,39)(H,36,40,43)/t18-,19-/m0/s1. The van der Waals surface area contributed by atoms with Gasteiger partial charge in [0.15, 0.2) is 0 Å². The summed E-state index contributed by atoms with van der Waals surface area (Å²) < 4.78 is 26.4. The molecule has 2 atom stereocenters. The maximum absolute atomic E-state index is 13.2. The molecule has 0 spiro atoms. The maximum atomic E-state index is 13.2. The molecule has 1 saturated carbocycles. The lowest BCUT2D eigenvalue weighted by Gasteiger charge is -2.35. The van der Waals surface area contributed by atoms with E-state index in [9.17, 15) is 13.6 Å². The van der Waals surface area contributed by atoms with Crippen LogP contribution in [0.25, 0.3) is 0 Å². The third-order valence-corrected chi connectivity index (χ3v) is 10.5. The summed E-state index contributed by atoms with van der Waals surface area (Å²) in [5.41, 5.74) is 1.59. The van der Waals surface area contributed by atoms with Gasteiger partial charge in [-0.05, 0) is 43.5 Å². The van der Waals surface area contributed by atoms with E-state index >= 15 is 0 Å². The highest BCUT2D eigenvalue weighted by Crippen LogP contribution is 2.43. The van der Waals surface area contributed by atoms with Crippen molar-refractivity contribution < 1.29 is 13.6 Å². The third-order valence-electron chi connectivity index (χ3n) is 8.41. The molecule has 3 aliphatic rings. The lowest BCUT2D eigenvalue weighted by atomic mass is 9.82. The highest BCUT2D eigenvalue weighted by atomic mass is 32.1. The highest BCUT2D eigenvalue weighted by Gasteiger charge is 2.30. The first kappa shape index (κ1) is 29.8. The number of rotatable bonds is 11. The lowest BCUT2D eigenvalue weighted by molar-refractivity contribution is -0.115. The molecule has 2 aliphatic heterocycles. The summed E-state index contributed by atoms with van der Waals surface area (Å²) >= 11 is 3.02. The zero-order valence-electron chi connectivity index (χ0n) is 24.6. The number of halogens is 2. The summed E-state index contributed by atoms with van der Waals surface area (Å²) in [6.07, 6.45) is 3.32. The Morgan fingerprint density at radius 2 is 1.38 bits per heavy atom. The van der Waals surface area contributed by atoms with Crippen LogP contribution < -0.4 is 20.4 Å². The molecule has 11 nitrogen and oxygen atoms in total. The molecule has 1 aliphatic carbocycles. The van der Waals surface area contributed by atoms with Gasteiger partial charge in [0.05, 0.1) is 38.3 Å². The second-order valence-electron chi connectivity index (χ2n) is 11.8. The molecule has 0 aromatic carbocycles. The number of nitrogens with zero attached hydrogens (tertiary/aromatic N) is 8. The van der Waals surface area contributed by atoms with Gasteiger partial charge in [-0.2, -0.15) is 0 Å². The topological polar surface area (TPSA) is 125 Å². The van der Waals surface area contributed by atoms with Crippen molar-refractivity contribution in [1.29, 1.82) is 0 Å². The molecule has 3 fully saturated rings. The molecule has 0 bridgehead atoms. The van der Waals surface area contributed by atoms with Crippen molar-refractivity contribution in [3.63, 3.8) is 0 Å². The molecule has 0 radical (unpaired) electrons. The monoisotopic (exact) mass is 652 g/mol. The molecule has 236 valence electrons. The van der Waals surface area contributed by atoms with Crippen LogP contribution in [-0.4, -0.2) is 81.3 Å². The van der Waals surface area contributed by atoms with Gasteiger partial charge in [-0.3, -0.25) is 4.79 Å². The Balaban J connectivity index is 0.887. The summed E-state index contributed by atoms with van der Waals surface area (Å²) in [6.45, 7) is 2.19. The minimum Gasteiger partial charge on any atom is -0.360 e. The first-order valence-corrected chi connectivity index (χ1v) is 17.0. The first-order chi connectivity index (χ1) is 21.9. The third kappa shape index (κ3) is 7.19. The number of nitrogens with one attached hydrogen (secondary N) is 2.